The van der Waals surface area contributed by atoms with Gasteiger partial charge in [-0.2, -0.15) is 0 Å². The fraction of sp³-hybridized carbons (Fsp3) is 0.885. The maximum atomic E-state index is 12.9. The highest BCUT2D eigenvalue weighted by atomic mass is 16.5. The highest BCUT2D eigenvalue weighted by Crippen LogP contribution is 2.36. The van der Waals surface area contributed by atoms with E-state index in [1.807, 2.05) is 0 Å². The van der Waals surface area contributed by atoms with E-state index >= 15 is 0 Å². The minimum atomic E-state index is -0.715. The first-order valence-corrected chi connectivity index (χ1v) is 13.4. The Labute approximate surface area is 218 Å². The largest absolute Gasteiger partial charge is 0.378 e. The van der Waals surface area contributed by atoms with Crippen molar-refractivity contribution >= 4 is 17.7 Å². The van der Waals surface area contributed by atoms with E-state index in [0.29, 0.717) is 58.9 Å². The molecule has 0 aliphatic heterocycles. The van der Waals surface area contributed by atoms with Gasteiger partial charge in [0.15, 0.2) is 0 Å². The van der Waals surface area contributed by atoms with Gasteiger partial charge in [0.05, 0.1) is 33.0 Å². The van der Waals surface area contributed by atoms with Gasteiger partial charge in [-0.05, 0) is 30.1 Å². The lowest BCUT2D eigenvalue weighted by molar-refractivity contribution is -0.129. The number of amides is 3. The molecule has 10 nitrogen and oxygen atoms in total. The molecule has 0 spiro atoms. The topological polar surface area (TPSA) is 158 Å². The number of rotatable bonds is 22. The van der Waals surface area contributed by atoms with Crippen molar-refractivity contribution in [1.82, 2.24) is 16.0 Å². The minimum absolute atomic E-state index is 0.0811. The molecule has 212 valence electrons. The second kappa shape index (κ2) is 19.4. The van der Waals surface area contributed by atoms with Gasteiger partial charge in [-0.3, -0.25) is 14.4 Å². The van der Waals surface area contributed by atoms with Crippen LogP contribution in [-0.2, 0) is 23.9 Å². The van der Waals surface area contributed by atoms with Gasteiger partial charge in [-0.25, -0.2) is 0 Å². The molecule has 7 N–H and O–H groups in total. The van der Waals surface area contributed by atoms with Crippen LogP contribution in [0.1, 0.15) is 79.6 Å². The third kappa shape index (κ3) is 18.5. The standard InChI is InChI=1S/C26H53N5O5/c1-6-7-8-9-10-22(32)30-20-26(4,5)19-25(2,3)17-21(31-23(33)18-28)24(34)29-12-14-36-16-15-35-13-11-27/h21H,6-20,27-28H2,1-5H3,(H,29,34)(H,30,32)(H,31,33). The summed E-state index contributed by atoms with van der Waals surface area (Å²) >= 11 is 0. The van der Waals surface area contributed by atoms with Crippen LogP contribution < -0.4 is 27.4 Å². The lowest BCUT2D eigenvalue weighted by atomic mass is 9.72. The molecule has 10 heteroatoms. The zero-order valence-electron chi connectivity index (χ0n) is 23.4. The molecule has 0 saturated heterocycles. The first-order valence-electron chi connectivity index (χ1n) is 13.4. The van der Waals surface area contributed by atoms with Crippen LogP contribution in [-0.4, -0.2) is 76.4 Å². The molecular formula is C26H53N5O5. The molecule has 0 heterocycles. The fourth-order valence-electron chi connectivity index (χ4n) is 4.36. The molecule has 0 radical (unpaired) electrons. The van der Waals surface area contributed by atoms with E-state index in [9.17, 15) is 14.4 Å². The molecule has 0 aromatic rings. The van der Waals surface area contributed by atoms with Gasteiger partial charge in [0.2, 0.25) is 17.7 Å². The van der Waals surface area contributed by atoms with Gasteiger partial charge in [-0.15, -0.1) is 0 Å². The van der Waals surface area contributed by atoms with Crippen LogP contribution in [0.5, 0.6) is 0 Å². The fourth-order valence-corrected chi connectivity index (χ4v) is 4.36. The van der Waals surface area contributed by atoms with Gasteiger partial charge in [-0.1, -0.05) is 53.9 Å². The van der Waals surface area contributed by atoms with Gasteiger partial charge in [0, 0.05) is 26.1 Å². The van der Waals surface area contributed by atoms with Crippen LogP contribution in [0.3, 0.4) is 0 Å². The third-order valence-electron chi connectivity index (χ3n) is 5.75. The van der Waals surface area contributed by atoms with Crippen molar-refractivity contribution in [1.29, 1.82) is 0 Å². The Morgan fingerprint density at radius 3 is 2.11 bits per heavy atom. The van der Waals surface area contributed by atoms with Crippen molar-refractivity contribution in [2.75, 3.05) is 52.6 Å². The summed E-state index contributed by atoms with van der Waals surface area (Å²) in [5.41, 5.74) is 10.4. The Bertz CT molecular complexity index is 628. The smallest absolute Gasteiger partial charge is 0.242 e. The zero-order valence-corrected chi connectivity index (χ0v) is 23.4. The number of nitrogens with one attached hydrogen (secondary N) is 3. The highest BCUT2D eigenvalue weighted by molar-refractivity contribution is 5.88. The van der Waals surface area contributed by atoms with Crippen molar-refractivity contribution in [3.63, 3.8) is 0 Å². The maximum absolute atomic E-state index is 12.9. The summed E-state index contributed by atoms with van der Waals surface area (Å²) in [4.78, 5) is 37.1. The van der Waals surface area contributed by atoms with Gasteiger partial charge in [0.1, 0.15) is 6.04 Å². The normalized spacial score (nSPS) is 12.8. The number of hydrogen-bond donors (Lipinski definition) is 5. The minimum Gasteiger partial charge on any atom is -0.378 e. The summed E-state index contributed by atoms with van der Waals surface area (Å²) in [5, 5.41) is 8.64. The molecule has 3 amide bonds. The second-order valence-electron chi connectivity index (χ2n) is 10.9. The van der Waals surface area contributed by atoms with Gasteiger partial charge in [0.25, 0.3) is 0 Å². The SMILES string of the molecule is CCCCCCC(=O)NCC(C)(C)CC(C)(C)CC(NC(=O)CN)C(=O)NCCOCCOCCN. The van der Waals surface area contributed by atoms with E-state index in [1.54, 1.807) is 0 Å². The zero-order chi connectivity index (χ0) is 27.5. The van der Waals surface area contributed by atoms with E-state index in [4.69, 9.17) is 20.9 Å². The molecule has 1 atom stereocenters. The summed E-state index contributed by atoms with van der Waals surface area (Å²) in [6.07, 6.45) is 6.03. The molecule has 0 saturated carbocycles. The number of carbonyl (C=O) groups is 3. The van der Waals surface area contributed by atoms with Crippen molar-refractivity contribution in [3.05, 3.63) is 0 Å². The number of carbonyl (C=O) groups excluding carboxylic acids is 3. The summed E-state index contributed by atoms with van der Waals surface area (Å²) in [7, 11) is 0. The Kier molecular flexibility index (Phi) is 18.4. The van der Waals surface area contributed by atoms with Crippen LogP contribution in [0.4, 0.5) is 0 Å². The summed E-state index contributed by atoms with van der Waals surface area (Å²) in [5.74, 6) is -0.572. The molecule has 0 aromatic carbocycles. The van der Waals surface area contributed by atoms with Crippen LogP contribution in [0.2, 0.25) is 0 Å². The molecule has 0 bridgehead atoms. The number of ether oxygens (including phenoxy) is 2. The van der Waals surface area contributed by atoms with Crippen molar-refractivity contribution in [2.45, 2.75) is 85.6 Å². The summed E-state index contributed by atoms with van der Waals surface area (Å²) in [6.45, 7) is 13.3. The van der Waals surface area contributed by atoms with Gasteiger partial charge >= 0.3 is 0 Å². The molecule has 1 unspecified atom stereocenters. The highest BCUT2D eigenvalue weighted by Gasteiger charge is 2.34. The van der Waals surface area contributed by atoms with E-state index in [0.717, 1.165) is 32.1 Å². The Morgan fingerprint density at radius 1 is 0.833 bits per heavy atom. The molecule has 0 aromatic heterocycles. The van der Waals surface area contributed by atoms with E-state index in [1.165, 1.54) is 0 Å². The van der Waals surface area contributed by atoms with Crippen molar-refractivity contribution in [2.24, 2.45) is 22.3 Å². The second-order valence-corrected chi connectivity index (χ2v) is 10.9. The monoisotopic (exact) mass is 515 g/mol. The lowest BCUT2D eigenvalue weighted by Gasteiger charge is -2.37. The maximum Gasteiger partial charge on any atom is 0.242 e. The average Bonchev–Trinajstić information content (AvgIpc) is 2.80. The summed E-state index contributed by atoms with van der Waals surface area (Å²) in [6, 6.07) is -0.715. The van der Waals surface area contributed by atoms with Gasteiger partial charge < -0.3 is 36.9 Å². The molecule has 36 heavy (non-hydrogen) atoms. The van der Waals surface area contributed by atoms with Crippen LogP contribution in [0.15, 0.2) is 0 Å². The van der Waals surface area contributed by atoms with E-state index in [2.05, 4.69) is 50.6 Å². The Morgan fingerprint density at radius 2 is 1.50 bits per heavy atom. The van der Waals surface area contributed by atoms with Crippen molar-refractivity contribution in [3.8, 4) is 0 Å². The van der Waals surface area contributed by atoms with Crippen LogP contribution in [0.25, 0.3) is 0 Å². The quantitative estimate of drug-likeness (QED) is 0.137. The van der Waals surface area contributed by atoms with Crippen molar-refractivity contribution < 1.29 is 23.9 Å². The Balaban J connectivity index is 4.73. The average molecular weight is 516 g/mol. The molecule has 0 fully saturated rings. The number of hydrogen-bond acceptors (Lipinski definition) is 7. The first-order chi connectivity index (χ1) is 17.0. The Hall–Kier alpha value is -1.75. The molecular weight excluding hydrogens is 462 g/mol. The molecule has 0 rings (SSSR count). The van der Waals surface area contributed by atoms with Crippen LogP contribution in [0, 0.1) is 10.8 Å². The first kappa shape index (κ1) is 34.2. The molecule has 0 aliphatic rings. The van der Waals surface area contributed by atoms with Crippen LogP contribution >= 0.6 is 0 Å². The number of unbranched alkanes of at least 4 members (excludes halogenated alkanes) is 3. The van der Waals surface area contributed by atoms with E-state index < -0.39 is 6.04 Å². The molecule has 0 aliphatic carbocycles. The lowest BCUT2D eigenvalue weighted by Crippen LogP contribution is -2.51. The van der Waals surface area contributed by atoms with E-state index in [-0.39, 0.29) is 35.1 Å². The summed E-state index contributed by atoms with van der Waals surface area (Å²) < 4.78 is 10.7. The predicted octanol–water partition coefficient (Wildman–Crippen LogP) is 1.46. The predicted molar refractivity (Wildman–Crippen MR) is 143 cm³/mol. The number of nitrogens with two attached hydrogens (primary N) is 2. The third-order valence-corrected chi connectivity index (χ3v) is 5.75.